The number of imidazole rings is 1. The van der Waals surface area contributed by atoms with E-state index in [1.807, 2.05) is 24.5 Å². The number of hydrogen-bond acceptors (Lipinski definition) is 7. The number of anilines is 1. The highest BCUT2D eigenvalue weighted by molar-refractivity contribution is 5.48. The molecule has 3 aromatic rings. The van der Waals surface area contributed by atoms with Gasteiger partial charge in [0.05, 0.1) is 17.4 Å². The molecule has 5 rings (SSSR count). The number of rotatable bonds is 6. The first kappa shape index (κ1) is 20.4. The molecule has 0 radical (unpaired) electrons. The SMILES string of the molecule is CN(Cc1cn2c(N3CCN(CCN)CC3)nccc2n1)C1CCCc2cccnc21. The van der Waals surface area contributed by atoms with E-state index in [1.165, 1.54) is 17.7 Å². The van der Waals surface area contributed by atoms with Gasteiger partial charge in [-0.05, 0) is 44.0 Å². The van der Waals surface area contributed by atoms with Crippen molar-refractivity contribution in [3.63, 3.8) is 0 Å². The number of nitrogens with two attached hydrogens (primary N) is 1. The molecular weight excluding hydrogens is 388 g/mol. The Kier molecular flexibility index (Phi) is 5.85. The van der Waals surface area contributed by atoms with Crippen LogP contribution in [-0.4, -0.2) is 75.5 Å². The van der Waals surface area contributed by atoms with Crippen LogP contribution in [0.25, 0.3) is 5.65 Å². The largest absolute Gasteiger partial charge is 0.339 e. The smallest absolute Gasteiger partial charge is 0.211 e. The Morgan fingerprint density at radius 1 is 1.13 bits per heavy atom. The molecule has 0 spiro atoms. The van der Waals surface area contributed by atoms with Crippen molar-refractivity contribution < 1.29 is 0 Å². The third-order valence-corrected chi connectivity index (χ3v) is 6.62. The van der Waals surface area contributed by atoms with E-state index in [0.29, 0.717) is 12.6 Å². The first-order valence-electron chi connectivity index (χ1n) is 11.4. The van der Waals surface area contributed by atoms with Crippen molar-refractivity contribution in [2.75, 3.05) is 51.2 Å². The molecule has 164 valence electrons. The summed E-state index contributed by atoms with van der Waals surface area (Å²) in [6.07, 6.45) is 9.44. The molecule has 1 unspecified atom stereocenters. The minimum atomic E-state index is 0.350. The molecule has 0 amide bonds. The molecule has 1 fully saturated rings. The first-order valence-corrected chi connectivity index (χ1v) is 11.4. The topological polar surface area (TPSA) is 78.8 Å². The van der Waals surface area contributed by atoms with Crippen molar-refractivity contribution in [3.05, 3.63) is 53.7 Å². The van der Waals surface area contributed by atoms with E-state index in [9.17, 15) is 0 Å². The third kappa shape index (κ3) is 4.15. The second kappa shape index (κ2) is 8.90. The lowest BCUT2D eigenvalue weighted by atomic mass is 9.91. The van der Waals surface area contributed by atoms with Gasteiger partial charge in [-0.25, -0.2) is 9.97 Å². The van der Waals surface area contributed by atoms with E-state index in [4.69, 9.17) is 20.7 Å². The molecule has 31 heavy (non-hydrogen) atoms. The van der Waals surface area contributed by atoms with Crippen LogP contribution in [0.4, 0.5) is 5.95 Å². The molecular formula is C23H32N8. The molecule has 2 aliphatic rings. The van der Waals surface area contributed by atoms with Gasteiger partial charge in [0.25, 0.3) is 0 Å². The monoisotopic (exact) mass is 420 g/mol. The van der Waals surface area contributed by atoms with Crippen LogP contribution < -0.4 is 10.6 Å². The molecule has 1 saturated heterocycles. The van der Waals surface area contributed by atoms with Gasteiger partial charge in [0.1, 0.15) is 5.65 Å². The minimum Gasteiger partial charge on any atom is -0.339 e. The predicted molar refractivity (Wildman–Crippen MR) is 122 cm³/mol. The van der Waals surface area contributed by atoms with Crippen LogP contribution >= 0.6 is 0 Å². The summed E-state index contributed by atoms with van der Waals surface area (Å²) in [4.78, 5) is 21.5. The predicted octanol–water partition coefficient (Wildman–Crippen LogP) is 1.71. The fourth-order valence-electron chi connectivity index (χ4n) is 5.00. The highest BCUT2D eigenvalue weighted by Crippen LogP contribution is 2.32. The summed E-state index contributed by atoms with van der Waals surface area (Å²) in [7, 11) is 2.19. The van der Waals surface area contributed by atoms with E-state index < -0.39 is 0 Å². The first-order chi connectivity index (χ1) is 15.2. The van der Waals surface area contributed by atoms with Crippen LogP contribution in [0.15, 0.2) is 36.8 Å². The van der Waals surface area contributed by atoms with Crippen molar-refractivity contribution in [3.8, 4) is 0 Å². The Hall–Kier alpha value is -2.55. The van der Waals surface area contributed by atoms with E-state index in [0.717, 1.165) is 69.4 Å². The van der Waals surface area contributed by atoms with E-state index >= 15 is 0 Å². The molecule has 0 aromatic carbocycles. The maximum Gasteiger partial charge on any atom is 0.211 e. The molecule has 8 nitrogen and oxygen atoms in total. The van der Waals surface area contributed by atoms with E-state index in [-0.39, 0.29) is 0 Å². The minimum absolute atomic E-state index is 0.350. The van der Waals surface area contributed by atoms with E-state index in [1.54, 1.807) is 0 Å². The second-order valence-corrected chi connectivity index (χ2v) is 8.69. The average Bonchev–Trinajstić information content (AvgIpc) is 3.22. The molecule has 3 aromatic heterocycles. The van der Waals surface area contributed by atoms with Gasteiger partial charge < -0.3 is 10.6 Å². The van der Waals surface area contributed by atoms with Gasteiger partial charge in [0, 0.05) is 64.4 Å². The lowest BCUT2D eigenvalue weighted by molar-refractivity contribution is 0.206. The highest BCUT2D eigenvalue weighted by Gasteiger charge is 2.26. The quantitative estimate of drug-likeness (QED) is 0.650. The number of hydrogen-bond donors (Lipinski definition) is 1. The maximum atomic E-state index is 5.71. The molecule has 1 aliphatic carbocycles. The Labute approximate surface area is 183 Å². The zero-order chi connectivity index (χ0) is 21.2. The number of aromatic nitrogens is 4. The van der Waals surface area contributed by atoms with Crippen molar-refractivity contribution in [1.82, 2.24) is 29.2 Å². The Balaban J connectivity index is 1.34. The summed E-state index contributed by atoms with van der Waals surface area (Å²) in [5.74, 6) is 0.982. The van der Waals surface area contributed by atoms with Gasteiger partial charge in [-0.3, -0.25) is 19.2 Å². The summed E-state index contributed by atoms with van der Waals surface area (Å²) < 4.78 is 2.15. The van der Waals surface area contributed by atoms with Crippen molar-refractivity contribution >= 4 is 11.6 Å². The van der Waals surface area contributed by atoms with Gasteiger partial charge in [0.15, 0.2) is 0 Å². The second-order valence-electron chi connectivity index (χ2n) is 8.69. The van der Waals surface area contributed by atoms with Crippen molar-refractivity contribution in [1.29, 1.82) is 0 Å². The molecule has 0 saturated carbocycles. The third-order valence-electron chi connectivity index (χ3n) is 6.62. The number of piperazine rings is 1. The zero-order valence-corrected chi connectivity index (χ0v) is 18.3. The number of nitrogens with zero attached hydrogens (tertiary/aromatic N) is 7. The maximum absolute atomic E-state index is 5.71. The Morgan fingerprint density at radius 2 is 2.00 bits per heavy atom. The van der Waals surface area contributed by atoms with Crippen LogP contribution in [0.3, 0.4) is 0 Å². The Morgan fingerprint density at radius 3 is 2.84 bits per heavy atom. The van der Waals surface area contributed by atoms with Gasteiger partial charge in [-0.2, -0.15) is 0 Å². The standard InChI is InChI=1S/C23H32N8/c1-28(20-6-2-4-18-5-3-9-25-22(18)20)16-19-17-31-21(27-19)7-10-26-23(31)30-14-12-29(11-8-24)13-15-30/h3,5,7,9-10,17,20H,2,4,6,8,11-16,24H2,1H3. The van der Waals surface area contributed by atoms with Crippen molar-refractivity contribution in [2.45, 2.75) is 31.8 Å². The van der Waals surface area contributed by atoms with Crippen LogP contribution in [0.2, 0.25) is 0 Å². The molecule has 2 N–H and O–H groups in total. The zero-order valence-electron chi connectivity index (χ0n) is 18.3. The van der Waals surface area contributed by atoms with Crippen LogP contribution in [0.1, 0.15) is 35.8 Å². The van der Waals surface area contributed by atoms with Gasteiger partial charge >= 0.3 is 0 Å². The number of aryl methyl sites for hydroxylation is 1. The molecule has 8 heteroatoms. The van der Waals surface area contributed by atoms with Gasteiger partial charge in [0.2, 0.25) is 5.95 Å². The number of pyridine rings is 1. The fraction of sp³-hybridized carbons (Fsp3) is 0.522. The summed E-state index contributed by atoms with van der Waals surface area (Å²) in [5.41, 5.74) is 10.4. The van der Waals surface area contributed by atoms with Crippen LogP contribution in [0.5, 0.6) is 0 Å². The molecule has 0 bridgehead atoms. The fourth-order valence-corrected chi connectivity index (χ4v) is 5.00. The average molecular weight is 421 g/mol. The molecule has 4 heterocycles. The molecule has 1 aliphatic heterocycles. The Bertz CT molecular complexity index is 1020. The van der Waals surface area contributed by atoms with Gasteiger partial charge in [-0.1, -0.05) is 6.07 Å². The lowest BCUT2D eigenvalue weighted by Gasteiger charge is -2.35. The number of fused-ring (bicyclic) bond motifs is 2. The normalized spacial score (nSPS) is 19.8. The van der Waals surface area contributed by atoms with Crippen LogP contribution in [0, 0.1) is 0 Å². The summed E-state index contributed by atoms with van der Waals surface area (Å²) in [5, 5.41) is 0. The van der Waals surface area contributed by atoms with E-state index in [2.05, 4.69) is 38.4 Å². The summed E-state index contributed by atoms with van der Waals surface area (Å²) >= 11 is 0. The van der Waals surface area contributed by atoms with Gasteiger partial charge in [-0.15, -0.1) is 0 Å². The van der Waals surface area contributed by atoms with Crippen LogP contribution in [-0.2, 0) is 13.0 Å². The van der Waals surface area contributed by atoms with Crippen molar-refractivity contribution in [2.24, 2.45) is 5.73 Å². The highest BCUT2D eigenvalue weighted by atomic mass is 15.3. The summed E-state index contributed by atoms with van der Waals surface area (Å²) in [6, 6.07) is 6.62. The molecule has 1 atom stereocenters. The summed E-state index contributed by atoms with van der Waals surface area (Å²) in [6.45, 7) is 6.45. The lowest BCUT2D eigenvalue weighted by Crippen LogP contribution is -2.48.